The highest BCUT2D eigenvalue weighted by molar-refractivity contribution is 7.88. The number of aliphatic carboxylic acids is 1. The number of hydrogen-bond donors (Lipinski definition) is 1. The second-order valence-electron chi connectivity index (χ2n) is 4.53. The fraction of sp³-hybridized carbons (Fsp3) is 0.462. The summed E-state index contributed by atoms with van der Waals surface area (Å²) in [6, 6.07) is 4.95. The Morgan fingerprint density at radius 3 is 2.29 bits per heavy atom. The number of alkyl halides is 2. The molecule has 1 N–H and O–H groups in total. The van der Waals surface area contributed by atoms with Crippen LogP contribution < -0.4 is 0 Å². The van der Waals surface area contributed by atoms with Gasteiger partial charge in [-0.05, 0) is 12.0 Å². The highest BCUT2D eigenvalue weighted by Crippen LogP contribution is 2.20. The van der Waals surface area contributed by atoms with Crippen LogP contribution in [0.4, 0.5) is 8.78 Å². The van der Waals surface area contributed by atoms with E-state index in [1.54, 1.807) is 6.92 Å². The van der Waals surface area contributed by atoms with Crippen molar-refractivity contribution in [2.75, 3.05) is 13.1 Å². The second-order valence-corrected chi connectivity index (χ2v) is 6.49. The summed E-state index contributed by atoms with van der Waals surface area (Å²) in [7, 11) is -3.80. The van der Waals surface area contributed by atoms with Crippen molar-refractivity contribution < 1.29 is 27.1 Å². The van der Waals surface area contributed by atoms with Crippen LogP contribution in [-0.2, 0) is 20.6 Å². The predicted octanol–water partition coefficient (Wildman–Crippen LogP) is 2.25. The summed E-state index contributed by atoms with van der Waals surface area (Å²) in [6.45, 7) is 1.23. The quantitative estimate of drug-likeness (QED) is 0.797. The number of carbonyl (C=O) groups is 1. The van der Waals surface area contributed by atoms with Gasteiger partial charge in [0.2, 0.25) is 10.0 Å². The second kappa shape index (κ2) is 7.46. The Morgan fingerprint density at radius 2 is 1.86 bits per heavy atom. The topological polar surface area (TPSA) is 74.7 Å². The van der Waals surface area contributed by atoms with Crippen molar-refractivity contribution in [3.63, 3.8) is 0 Å². The number of halogens is 2. The van der Waals surface area contributed by atoms with E-state index in [4.69, 9.17) is 5.11 Å². The average Bonchev–Trinajstić information content (AvgIpc) is 2.38. The average molecular weight is 321 g/mol. The van der Waals surface area contributed by atoms with E-state index in [0.29, 0.717) is 12.0 Å². The van der Waals surface area contributed by atoms with Crippen molar-refractivity contribution in [3.8, 4) is 0 Å². The highest BCUT2D eigenvalue weighted by Gasteiger charge is 2.24. The molecule has 1 aromatic rings. The summed E-state index contributed by atoms with van der Waals surface area (Å²) >= 11 is 0. The molecule has 0 fully saturated rings. The van der Waals surface area contributed by atoms with Crippen molar-refractivity contribution >= 4 is 16.0 Å². The van der Waals surface area contributed by atoms with E-state index < -0.39 is 34.7 Å². The molecule has 0 aliphatic heterocycles. The molecule has 0 bridgehead atoms. The summed E-state index contributed by atoms with van der Waals surface area (Å²) in [5, 5.41) is 8.75. The van der Waals surface area contributed by atoms with Gasteiger partial charge in [-0.3, -0.25) is 4.79 Å². The maximum absolute atomic E-state index is 12.4. The van der Waals surface area contributed by atoms with Crippen LogP contribution in [0.25, 0.3) is 0 Å². The molecule has 0 spiro atoms. The van der Waals surface area contributed by atoms with Gasteiger partial charge >= 0.3 is 5.97 Å². The zero-order valence-corrected chi connectivity index (χ0v) is 12.3. The summed E-state index contributed by atoms with van der Waals surface area (Å²) in [5.41, 5.74) is 0.151. The van der Waals surface area contributed by atoms with Gasteiger partial charge in [0.15, 0.2) is 0 Å². The zero-order chi connectivity index (χ0) is 16.0. The van der Waals surface area contributed by atoms with Crippen LogP contribution in [-0.4, -0.2) is 36.9 Å². The van der Waals surface area contributed by atoms with Gasteiger partial charge in [-0.1, -0.05) is 31.2 Å². The number of hydrogen-bond acceptors (Lipinski definition) is 3. The van der Waals surface area contributed by atoms with Gasteiger partial charge in [0.1, 0.15) is 6.54 Å². The first-order valence-corrected chi connectivity index (χ1v) is 7.93. The minimum Gasteiger partial charge on any atom is -0.480 e. The first kappa shape index (κ1) is 17.5. The van der Waals surface area contributed by atoms with Crippen LogP contribution in [0.3, 0.4) is 0 Å². The normalized spacial score (nSPS) is 12.0. The summed E-state index contributed by atoms with van der Waals surface area (Å²) in [5.74, 6) is -1.65. The molecule has 0 saturated heterocycles. The van der Waals surface area contributed by atoms with Crippen molar-refractivity contribution in [2.45, 2.75) is 25.5 Å². The van der Waals surface area contributed by atoms with E-state index in [-0.39, 0.29) is 12.1 Å². The number of carboxylic acids is 1. The van der Waals surface area contributed by atoms with E-state index in [9.17, 15) is 22.0 Å². The lowest BCUT2D eigenvalue weighted by Gasteiger charge is -2.19. The largest absolute Gasteiger partial charge is 0.480 e. The Labute approximate surface area is 122 Å². The molecule has 0 unspecified atom stereocenters. The van der Waals surface area contributed by atoms with Crippen LogP contribution in [0.2, 0.25) is 0 Å². The third-order valence-corrected chi connectivity index (χ3v) is 4.56. The summed E-state index contributed by atoms with van der Waals surface area (Å²) < 4.78 is 50.0. The molecule has 0 aliphatic rings. The number of nitrogens with zero attached hydrogens (tertiary/aromatic N) is 1. The van der Waals surface area contributed by atoms with Crippen LogP contribution in [0.5, 0.6) is 0 Å². The fourth-order valence-corrected chi connectivity index (χ4v) is 3.34. The Bertz CT molecular complexity index is 572. The third-order valence-electron chi connectivity index (χ3n) is 2.76. The van der Waals surface area contributed by atoms with Crippen LogP contribution in [0.1, 0.15) is 30.9 Å². The Hall–Kier alpha value is -1.54. The zero-order valence-electron chi connectivity index (χ0n) is 11.5. The molecule has 0 aliphatic carbocycles. The Morgan fingerprint density at radius 1 is 1.29 bits per heavy atom. The van der Waals surface area contributed by atoms with Gasteiger partial charge in [0.25, 0.3) is 6.43 Å². The highest BCUT2D eigenvalue weighted by atomic mass is 32.2. The number of sulfonamides is 1. The van der Waals surface area contributed by atoms with E-state index >= 15 is 0 Å². The summed E-state index contributed by atoms with van der Waals surface area (Å²) in [4.78, 5) is 10.7. The molecule has 1 aromatic carbocycles. The molecule has 21 heavy (non-hydrogen) atoms. The van der Waals surface area contributed by atoms with Gasteiger partial charge in [-0.15, -0.1) is 0 Å². The molecule has 1 rings (SSSR count). The van der Waals surface area contributed by atoms with Crippen LogP contribution >= 0.6 is 0 Å². The molecular weight excluding hydrogens is 304 g/mol. The van der Waals surface area contributed by atoms with Gasteiger partial charge < -0.3 is 5.11 Å². The molecule has 0 amide bonds. The molecule has 0 atom stereocenters. The standard InChI is InChI=1S/C13H17F2NO4S/c1-2-7-16(8-12(17)18)21(19,20)9-10-3-5-11(6-4-10)13(14)15/h3-6,13H,2,7-9H2,1H3,(H,17,18). The van der Waals surface area contributed by atoms with Crippen molar-refractivity contribution in [1.29, 1.82) is 0 Å². The minimum absolute atomic E-state index is 0.101. The van der Waals surface area contributed by atoms with E-state index in [0.717, 1.165) is 16.4 Å². The fourth-order valence-electron chi connectivity index (χ4n) is 1.78. The summed E-state index contributed by atoms with van der Waals surface area (Å²) in [6.07, 6.45) is -2.13. The molecule has 0 saturated carbocycles. The molecule has 118 valence electrons. The lowest BCUT2D eigenvalue weighted by molar-refractivity contribution is -0.137. The van der Waals surface area contributed by atoms with Gasteiger partial charge in [0.05, 0.1) is 5.75 Å². The van der Waals surface area contributed by atoms with E-state index in [1.165, 1.54) is 12.1 Å². The van der Waals surface area contributed by atoms with Gasteiger partial charge in [-0.25, -0.2) is 17.2 Å². The number of rotatable bonds is 8. The maximum Gasteiger partial charge on any atom is 0.318 e. The molecule has 0 heterocycles. The van der Waals surface area contributed by atoms with Crippen LogP contribution in [0.15, 0.2) is 24.3 Å². The van der Waals surface area contributed by atoms with Gasteiger partial charge in [0, 0.05) is 12.1 Å². The minimum atomic E-state index is -3.80. The molecule has 0 aromatic heterocycles. The lowest BCUT2D eigenvalue weighted by atomic mass is 10.2. The molecule has 0 radical (unpaired) electrons. The Kier molecular flexibility index (Phi) is 6.22. The monoisotopic (exact) mass is 321 g/mol. The smallest absolute Gasteiger partial charge is 0.318 e. The SMILES string of the molecule is CCCN(CC(=O)O)S(=O)(=O)Cc1ccc(C(F)F)cc1. The molecule has 8 heteroatoms. The third kappa shape index (κ3) is 5.39. The van der Waals surface area contributed by atoms with Crippen molar-refractivity contribution in [3.05, 3.63) is 35.4 Å². The number of carboxylic acid groups (broad SMARTS) is 1. The van der Waals surface area contributed by atoms with Crippen molar-refractivity contribution in [2.24, 2.45) is 0 Å². The number of benzene rings is 1. The predicted molar refractivity (Wildman–Crippen MR) is 73.5 cm³/mol. The van der Waals surface area contributed by atoms with E-state index in [2.05, 4.69) is 0 Å². The maximum atomic E-state index is 12.4. The molecular formula is C13H17F2NO4S. The lowest BCUT2D eigenvalue weighted by Crippen LogP contribution is -2.37. The molecule has 5 nitrogen and oxygen atoms in total. The first-order valence-electron chi connectivity index (χ1n) is 6.33. The van der Waals surface area contributed by atoms with Crippen LogP contribution in [0, 0.1) is 0 Å². The van der Waals surface area contributed by atoms with Crippen molar-refractivity contribution in [1.82, 2.24) is 4.31 Å². The Balaban J connectivity index is 2.88. The van der Waals surface area contributed by atoms with E-state index in [1.807, 2.05) is 0 Å². The van der Waals surface area contributed by atoms with Gasteiger partial charge in [-0.2, -0.15) is 4.31 Å². The first-order chi connectivity index (χ1) is 9.76.